The van der Waals surface area contributed by atoms with E-state index in [2.05, 4.69) is 10.2 Å². The highest BCUT2D eigenvalue weighted by atomic mass is 16.4. The molecule has 2 rings (SSSR count). The molecule has 1 atom stereocenters. The van der Waals surface area contributed by atoms with Crippen molar-refractivity contribution in [3.63, 3.8) is 0 Å². The highest BCUT2D eigenvalue weighted by Gasteiger charge is 2.13. The summed E-state index contributed by atoms with van der Waals surface area (Å²) in [6, 6.07) is 1.92. The Bertz CT molecular complexity index is 502. The Morgan fingerprint density at radius 2 is 2.06 bits per heavy atom. The summed E-state index contributed by atoms with van der Waals surface area (Å²) in [5.41, 5.74) is 0.917. The van der Waals surface area contributed by atoms with E-state index in [4.69, 9.17) is 4.42 Å². The van der Waals surface area contributed by atoms with Gasteiger partial charge in [-0.25, -0.2) is 0 Å². The number of hydrogen-bond acceptors (Lipinski definition) is 4. The van der Waals surface area contributed by atoms with Crippen LogP contribution in [0.15, 0.2) is 22.9 Å². The van der Waals surface area contributed by atoms with Gasteiger partial charge in [-0.1, -0.05) is 20.8 Å². The highest BCUT2D eigenvalue weighted by Crippen LogP contribution is 2.21. The summed E-state index contributed by atoms with van der Waals surface area (Å²) in [7, 11) is 0. The summed E-state index contributed by atoms with van der Waals surface area (Å²) < 4.78 is 7.39. The van der Waals surface area contributed by atoms with Crippen molar-refractivity contribution in [1.29, 1.82) is 0 Å². The lowest BCUT2D eigenvalue weighted by Gasteiger charge is -2.12. The quantitative estimate of drug-likeness (QED) is 0.882. The highest BCUT2D eigenvalue weighted by molar-refractivity contribution is 5.14. The van der Waals surface area contributed by atoms with E-state index in [0.29, 0.717) is 18.3 Å². The molecule has 2 heterocycles. The maximum atomic E-state index is 9.95. The van der Waals surface area contributed by atoms with Crippen LogP contribution in [0.1, 0.15) is 44.2 Å². The molecule has 0 aliphatic carbocycles. The zero-order valence-corrected chi connectivity index (χ0v) is 11.0. The Hall–Kier alpha value is -1.62. The van der Waals surface area contributed by atoms with Gasteiger partial charge >= 0.3 is 0 Å². The molecule has 5 heteroatoms. The second-order valence-corrected chi connectivity index (χ2v) is 4.75. The standard InChI is InChI=1S/C13H19N3O2/c1-4-11-14-15-12(18-11)8-16-6-5-10(7-16)13(17)9(2)3/h5-7,9,13,17H,4,8H2,1-3H3. The topological polar surface area (TPSA) is 64.1 Å². The van der Waals surface area contributed by atoms with Crippen LogP contribution in [0.2, 0.25) is 0 Å². The van der Waals surface area contributed by atoms with Crippen LogP contribution in [0.25, 0.3) is 0 Å². The maximum absolute atomic E-state index is 9.95. The smallest absolute Gasteiger partial charge is 0.236 e. The van der Waals surface area contributed by atoms with Gasteiger partial charge in [-0.2, -0.15) is 0 Å². The van der Waals surface area contributed by atoms with Crippen LogP contribution in [0.3, 0.4) is 0 Å². The third-order valence-electron chi connectivity index (χ3n) is 2.88. The summed E-state index contributed by atoms with van der Waals surface area (Å²) >= 11 is 0. The first-order chi connectivity index (χ1) is 8.60. The van der Waals surface area contributed by atoms with Gasteiger partial charge in [-0.05, 0) is 17.5 Å². The molecule has 0 saturated heterocycles. The second kappa shape index (κ2) is 5.35. The van der Waals surface area contributed by atoms with Gasteiger partial charge in [0, 0.05) is 18.8 Å². The van der Waals surface area contributed by atoms with Crippen molar-refractivity contribution in [1.82, 2.24) is 14.8 Å². The van der Waals surface area contributed by atoms with Gasteiger partial charge in [0.25, 0.3) is 0 Å². The van der Waals surface area contributed by atoms with Crippen molar-refractivity contribution in [2.45, 2.75) is 39.8 Å². The molecule has 1 unspecified atom stereocenters. The summed E-state index contributed by atoms with van der Waals surface area (Å²) in [6.45, 7) is 6.50. The molecule has 0 aliphatic heterocycles. The largest absolute Gasteiger partial charge is 0.423 e. The lowest BCUT2D eigenvalue weighted by Crippen LogP contribution is -2.04. The first-order valence-corrected chi connectivity index (χ1v) is 6.25. The first-order valence-electron chi connectivity index (χ1n) is 6.25. The van der Waals surface area contributed by atoms with Crippen molar-refractivity contribution < 1.29 is 9.52 Å². The van der Waals surface area contributed by atoms with Crippen molar-refractivity contribution >= 4 is 0 Å². The minimum absolute atomic E-state index is 0.205. The number of aliphatic hydroxyl groups excluding tert-OH is 1. The Morgan fingerprint density at radius 3 is 2.67 bits per heavy atom. The molecule has 0 aliphatic rings. The summed E-state index contributed by atoms with van der Waals surface area (Å²) in [6.07, 6.45) is 4.15. The van der Waals surface area contributed by atoms with Crippen molar-refractivity contribution in [2.75, 3.05) is 0 Å². The molecule has 2 aromatic heterocycles. The van der Waals surface area contributed by atoms with E-state index in [9.17, 15) is 5.11 Å². The Balaban J connectivity index is 2.06. The Kier molecular flexibility index (Phi) is 3.81. The van der Waals surface area contributed by atoms with Gasteiger partial charge in [0.1, 0.15) is 6.54 Å². The van der Waals surface area contributed by atoms with Gasteiger partial charge in [-0.3, -0.25) is 0 Å². The molecule has 1 N–H and O–H groups in total. The normalized spacial score (nSPS) is 13.2. The predicted octanol–water partition coefficient (Wildman–Crippen LogP) is 2.17. The van der Waals surface area contributed by atoms with E-state index in [0.717, 1.165) is 12.0 Å². The average molecular weight is 249 g/mol. The predicted molar refractivity (Wildman–Crippen MR) is 67.0 cm³/mol. The van der Waals surface area contributed by atoms with Crippen LogP contribution in [-0.4, -0.2) is 19.9 Å². The van der Waals surface area contributed by atoms with E-state index >= 15 is 0 Å². The molecule has 0 bridgehead atoms. The summed E-state index contributed by atoms with van der Waals surface area (Å²) in [5, 5.41) is 17.8. The first kappa shape index (κ1) is 12.8. The van der Waals surface area contributed by atoms with Crippen LogP contribution in [-0.2, 0) is 13.0 Å². The number of aromatic nitrogens is 3. The zero-order chi connectivity index (χ0) is 13.1. The zero-order valence-electron chi connectivity index (χ0n) is 11.0. The van der Waals surface area contributed by atoms with E-state index in [1.807, 2.05) is 43.8 Å². The Morgan fingerprint density at radius 1 is 1.33 bits per heavy atom. The molecule has 18 heavy (non-hydrogen) atoms. The second-order valence-electron chi connectivity index (χ2n) is 4.75. The molecule has 0 radical (unpaired) electrons. The lowest BCUT2D eigenvalue weighted by atomic mass is 10.0. The maximum Gasteiger partial charge on any atom is 0.236 e. The average Bonchev–Trinajstić information content (AvgIpc) is 2.97. The summed E-state index contributed by atoms with van der Waals surface area (Å²) in [5.74, 6) is 1.45. The van der Waals surface area contributed by atoms with E-state index in [1.165, 1.54) is 0 Å². The molecule has 0 amide bonds. The molecular formula is C13H19N3O2. The van der Waals surface area contributed by atoms with E-state index in [-0.39, 0.29) is 5.92 Å². The van der Waals surface area contributed by atoms with Gasteiger partial charge in [0.05, 0.1) is 6.10 Å². The van der Waals surface area contributed by atoms with Crippen LogP contribution < -0.4 is 0 Å². The fourth-order valence-electron chi connectivity index (χ4n) is 1.77. The van der Waals surface area contributed by atoms with Crippen molar-refractivity contribution in [2.24, 2.45) is 5.92 Å². The fraction of sp³-hybridized carbons (Fsp3) is 0.538. The van der Waals surface area contributed by atoms with E-state index in [1.54, 1.807) is 0 Å². The number of rotatable bonds is 5. The molecule has 98 valence electrons. The minimum Gasteiger partial charge on any atom is -0.423 e. The van der Waals surface area contributed by atoms with Gasteiger partial charge in [-0.15, -0.1) is 10.2 Å². The molecule has 0 spiro atoms. The van der Waals surface area contributed by atoms with Gasteiger partial charge in [0.2, 0.25) is 11.8 Å². The lowest BCUT2D eigenvalue weighted by molar-refractivity contribution is 0.127. The fourth-order valence-corrected chi connectivity index (χ4v) is 1.77. The third kappa shape index (κ3) is 2.79. The van der Waals surface area contributed by atoms with Crippen LogP contribution in [0.4, 0.5) is 0 Å². The molecule has 0 aromatic carbocycles. The van der Waals surface area contributed by atoms with Crippen molar-refractivity contribution in [3.8, 4) is 0 Å². The number of aryl methyl sites for hydroxylation is 1. The van der Waals surface area contributed by atoms with Crippen LogP contribution in [0.5, 0.6) is 0 Å². The van der Waals surface area contributed by atoms with Crippen LogP contribution in [0, 0.1) is 5.92 Å². The van der Waals surface area contributed by atoms with Crippen LogP contribution >= 0.6 is 0 Å². The SMILES string of the molecule is CCc1nnc(Cn2ccc(C(O)C(C)C)c2)o1. The molecule has 5 nitrogen and oxygen atoms in total. The summed E-state index contributed by atoms with van der Waals surface area (Å²) in [4.78, 5) is 0. The van der Waals surface area contributed by atoms with Gasteiger partial charge < -0.3 is 14.1 Å². The number of hydrogen-bond donors (Lipinski definition) is 1. The monoisotopic (exact) mass is 249 g/mol. The van der Waals surface area contributed by atoms with Crippen molar-refractivity contribution in [3.05, 3.63) is 35.8 Å². The molecule has 0 fully saturated rings. The van der Waals surface area contributed by atoms with Gasteiger partial charge in [0.15, 0.2) is 0 Å². The van der Waals surface area contributed by atoms with E-state index < -0.39 is 6.10 Å². The molecule has 0 saturated carbocycles. The molecule has 2 aromatic rings. The molecular weight excluding hydrogens is 230 g/mol. The minimum atomic E-state index is -0.430. The third-order valence-corrected chi connectivity index (χ3v) is 2.88. The number of nitrogens with zero attached hydrogens (tertiary/aromatic N) is 3. The number of aliphatic hydroxyl groups is 1. The Labute approximate surface area is 106 Å².